The van der Waals surface area contributed by atoms with Crippen LogP contribution in [0, 0.1) is 6.92 Å². The number of ketones is 1. The van der Waals surface area contributed by atoms with Crippen molar-refractivity contribution in [3.63, 3.8) is 0 Å². The SMILES string of the molecule is Cc1cnc(N)c(C(=O)CN)c1. The van der Waals surface area contributed by atoms with Crippen molar-refractivity contribution in [3.8, 4) is 0 Å². The molecule has 0 amide bonds. The van der Waals surface area contributed by atoms with E-state index in [1.165, 1.54) is 0 Å². The second kappa shape index (κ2) is 3.32. The molecule has 4 N–H and O–H groups in total. The van der Waals surface area contributed by atoms with Gasteiger partial charge in [0.15, 0.2) is 5.78 Å². The summed E-state index contributed by atoms with van der Waals surface area (Å²) in [6.45, 7) is 1.81. The van der Waals surface area contributed by atoms with Crippen LogP contribution < -0.4 is 11.5 Å². The maximum absolute atomic E-state index is 11.1. The van der Waals surface area contributed by atoms with Gasteiger partial charge < -0.3 is 11.5 Å². The lowest BCUT2D eigenvalue weighted by Gasteiger charge is -2.02. The summed E-state index contributed by atoms with van der Waals surface area (Å²) >= 11 is 0. The lowest BCUT2D eigenvalue weighted by Crippen LogP contribution is -2.16. The Hall–Kier alpha value is -1.42. The highest BCUT2D eigenvalue weighted by Gasteiger charge is 2.08. The van der Waals surface area contributed by atoms with Crippen molar-refractivity contribution in [3.05, 3.63) is 23.4 Å². The van der Waals surface area contributed by atoms with Gasteiger partial charge in [-0.3, -0.25) is 4.79 Å². The Morgan fingerprint density at radius 3 is 2.92 bits per heavy atom. The first kappa shape index (κ1) is 8.67. The Morgan fingerprint density at radius 2 is 2.33 bits per heavy atom. The highest BCUT2D eigenvalue weighted by molar-refractivity contribution is 6.01. The van der Waals surface area contributed by atoms with E-state index >= 15 is 0 Å². The third kappa shape index (κ3) is 1.60. The summed E-state index contributed by atoms with van der Waals surface area (Å²) in [7, 11) is 0. The van der Waals surface area contributed by atoms with Crippen LogP contribution in [0.4, 0.5) is 5.82 Å². The molecule has 4 nitrogen and oxygen atoms in total. The van der Waals surface area contributed by atoms with Crippen LogP contribution in [-0.4, -0.2) is 17.3 Å². The smallest absolute Gasteiger partial charge is 0.180 e. The minimum atomic E-state index is -0.177. The maximum Gasteiger partial charge on any atom is 0.180 e. The van der Waals surface area contributed by atoms with Gasteiger partial charge >= 0.3 is 0 Å². The quantitative estimate of drug-likeness (QED) is 0.609. The zero-order chi connectivity index (χ0) is 9.14. The summed E-state index contributed by atoms with van der Waals surface area (Å²) in [5.74, 6) is 0.0692. The number of pyridine rings is 1. The van der Waals surface area contributed by atoms with E-state index in [9.17, 15) is 4.79 Å². The summed E-state index contributed by atoms with van der Waals surface area (Å²) in [5.41, 5.74) is 12.0. The molecular formula is C8H11N3O. The van der Waals surface area contributed by atoms with Gasteiger partial charge in [-0.1, -0.05) is 0 Å². The Morgan fingerprint density at radius 1 is 1.67 bits per heavy atom. The third-order valence-electron chi connectivity index (χ3n) is 1.54. The summed E-state index contributed by atoms with van der Waals surface area (Å²) < 4.78 is 0. The topological polar surface area (TPSA) is 82.0 Å². The van der Waals surface area contributed by atoms with Gasteiger partial charge in [-0.2, -0.15) is 0 Å². The number of rotatable bonds is 2. The molecular weight excluding hydrogens is 154 g/mol. The molecule has 1 aromatic heterocycles. The van der Waals surface area contributed by atoms with Crippen molar-refractivity contribution in [1.29, 1.82) is 0 Å². The van der Waals surface area contributed by atoms with Crippen LogP contribution in [0.1, 0.15) is 15.9 Å². The zero-order valence-corrected chi connectivity index (χ0v) is 6.87. The van der Waals surface area contributed by atoms with Gasteiger partial charge in [0.2, 0.25) is 0 Å². The highest BCUT2D eigenvalue weighted by Crippen LogP contribution is 2.09. The number of carbonyl (C=O) groups excluding carboxylic acids is 1. The lowest BCUT2D eigenvalue weighted by molar-refractivity contribution is 0.100. The fraction of sp³-hybridized carbons (Fsp3) is 0.250. The average Bonchev–Trinajstić information content (AvgIpc) is 2.08. The molecule has 1 heterocycles. The molecule has 1 aromatic rings. The maximum atomic E-state index is 11.1. The van der Waals surface area contributed by atoms with Crippen molar-refractivity contribution in [1.82, 2.24) is 4.98 Å². The molecule has 0 saturated heterocycles. The molecule has 0 aliphatic heterocycles. The molecule has 0 radical (unpaired) electrons. The molecule has 0 saturated carbocycles. The van der Waals surface area contributed by atoms with E-state index in [0.29, 0.717) is 5.56 Å². The minimum Gasteiger partial charge on any atom is -0.383 e. The number of aromatic nitrogens is 1. The molecule has 64 valence electrons. The molecule has 0 aromatic carbocycles. The monoisotopic (exact) mass is 165 g/mol. The van der Waals surface area contributed by atoms with Crippen LogP contribution in [0.15, 0.2) is 12.3 Å². The van der Waals surface area contributed by atoms with Crippen molar-refractivity contribution in [2.45, 2.75) is 6.92 Å². The number of aryl methyl sites for hydroxylation is 1. The van der Waals surface area contributed by atoms with Crippen LogP contribution in [0.2, 0.25) is 0 Å². The van der Waals surface area contributed by atoms with E-state index in [1.54, 1.807) is 12.3 Å². The van der Waals surface area contributed by atoms with E-state index in [4.69, 9.17) is 11.5 Å². The Balaban J connectivity index is 3.13. The van der Waals surface area contributed by atoms with E-state index < -0.39 is 0 Å². The number of hydrogen-bond acceptors (Lipinski definition) is 4. The Labute approximate surface area is 70.6 Å². The fourth-order valence-electron chi connectivity index (χ4n) is 0.913. The largest absolute Gasteiger partial charge is 0.383 e. The number of Topliss-reactive ketones (excluding diaryl/α,β-unsaturated/α-hetero) is 1. The van der Waals surface area contributed by atoms with Crippen LogP contribution in [0.3, 0.4) is 0 Å². The molecule has 0 spiro atoms. The van der Waals surface area contributed by atoms with Gasteiger partial charge in [0, 0.05) is 6.20 Å². The number of carbonyl (C=O) groups is 1. The van der Waals surface area contributed by atoms with Crippen LogP contribution >= 0.6 is 0 Å². The summed E-state index contributed by atoms with van der Waals surface area (Å²) in [5, 5.41) is 0. The molecule has 0 unspecified atom stereocenters. The molecule has 0 fully saturated rings. The number of nitrogen functional groups attached to an aromatic ring is 1. The van der Waals surface area contributed by atoms with Gasteiger partial charge in [-0.25, -0.2) is 4.98 Å². The first-order chi connectivity index (χ1) is 5.65. The molecule has 1 rings (SSSR count). The van der Waals surface area contributed by atoms with Gasteiger partial charge in [-0.05, 0) is 18.6 Å². The van der Waals surface area contributed by atoms with Gasteiger partial charge in [0.25, 0.3) is 0 Å². The van der Waals surface area contributed by atoms with Crippen LogP contribution in [0.25, 0.3) is 0 Å². The average molecular weight is 165 g/mol. The van der Waals surface area contributed by atoms with Crippen LogP contribution in [-0.2, 0) is 0 Å². The lowest BCUT2D eigenvalue weighted by atomic mass is 10.1. The van der Waals surface area contributed by atoms with Gasteiger partial charge in [0.05, 0.1) is 12.1 Å². The number of nitrogens with two attached hydrogens (primary N) is 2. The van der Waals surface area contributed by atoms with Crippen molar-refractivity contribution >= 4 is 11.6 Å². The summed E-state index contributed by atoms with van der Waals surface area (Å²) in [6.07, 6.45) is 1.61. The van der Waals surface area contributed by atoms with Crippen molar-refractivity contribution in [2.75, 3.05) is 12.3 Å². The fourth-order valence-corrected chi connectivity index (χ4v) is 0.913. The normalized spacial score (nSPS) is 9.83. The molecule has 4 heteroatoms. The number of hydrogen-bond donors (Lipinski definition) is 2. The number of anilines is 1. The molecule has 0 aliphatic carbocycles. The summed E-state index contributed by atoms with van der Waals surface area (Å²) in [6, 6.07) is 1.69. The van der Waals surface area contributed by atoms with Gasteiger partial charge in [0.1, 0.15) is 5.82 Å². The zero-order valence-electron chi connectivity index (χ0n) is 6.87. The first-order valence-corrected chi connectivity index (χ1v) is 3.60. The predicted molar refractivity (Wildman–Crippen MR) is 46.8 cm³/mol. The molecule has 12 heavy (non-hydrogen) atoms. The second-order valence-corrected chi connectivity index (χ2v) is 2.57. The van der Waals surface area contributed by atoms with E-state index in [1.807, 2.05) is 6.92 Å². The minimum absolute atomic E-state index is 0.0324. The Bertz CT molecular complexity index is 309. The van der Waals surface area contributed by atoms with Crippen molar-refractivity contribution in [2.24, 2.45) is 5.73 Å². The second-order valence-electron chi connectivity index (χ2n) is 2.57. The third-order valence-corrected chi connectivity index (χ3v) is 1.54. The van der Waals surface area contributed by atoms with Gasteiger partial charge in [-0.15, -0.1) is 0 Å². The highest BCUT2D eigenvalue weighted by atomic mass is 16.1. The molecule has 0 aliphatic rings. The van der Waals surface area contributed by atoms with Crippen molar-refractivity contribution < 1.29 is 4.79 Å². The molecule has 0 bridgehead atoms. The Kier molecular flexibility index (Phi) is 2.40. The predicted octanol–water partition coefficient (Wildman–Crippen LogP) is 0.114. The molecule has 0 atom stereocenters. The van der Waals surface area contributed by atoms with Crippen LogP contribution in [0.5, 0.6) is 0 Å². The van der Waals surface area contributed by atoms with E-state index in [-0.39, 0.29) is 18.1 Å². The number of nitrogens with zero attached hydrogens (tertiary/aromatic N) is 1. The van der Waals surface area contributed by atoms with E-state index in [0.717, 1.165) is 5.56 Å². The first-order valence-electron chi connectivity index (χ1n) is 3.60. The standard InChI is InChI=1S/C8H11N3O/c1-5-2-6(7(12)3-9)8(10)11-4-5/h2,4H,3,9H2,1H3,(H2,10,11). The van der Waals surface area contributed by atoms with E-state index in [2.05, 4.69) is 4.98 Å². The summed E-state index contributed by atoms with van der Waals surface area (Å²) in [4.78, 5) is 15.0.